The summed E-state index contributed by atoms with van der Waals surface area (Å²) in [4.78, 5) is 23.7. The van der Waals surface area contributed by atoms with Crippen molar-refractivity contribution in [3.8, 4) is 11.8 Å². The highest BCUT2D eigenvalue weighted by Gasteiger charge is 2.15. The van der Waals surface area contributed by atoms with Gasteiger partial charge in [-0.05, 0) is 54.1 Å². The Kier molecular flexibility index (Phi) is 4.99. The topological polar surface area (TPSA) is 88.4 Å². The number of methoxy groups -OCH3 is 1. The van der Waals surface area contributed by atoms with E-state index in [1.165, 1.54) is 7.11 Å². The molecule has 0 unspecified atom stereocenters. The zero-order chi connectivity index (χ0) is 18.5. The minimum Gasteiger partial charge on any atom is -0.489 e. The Morgan fingerprint density at radius 2 is 2.00 bits per heavy atom. The van der Waals surface area contributed by atoms with Gasteiger partial charge >= 0.3 is 5.97 Å². The van der Waals surface area contributed by atoms with Crippen molar-refractivity contribution in [2.24, 2.45) is 0 Å². The molecule has 0 fully saturated rings. The van der Waals surface area contributed by atoms with Gasteiger partial charge in [0.25, 0.3) is 5.91 Å². The normalized spacial score (nSPS) is 12.1. The van der Waals surface area contributed by atoms with Crippen LogP contribution in [0.2, 0.25) is 0 Å². The summed E-state index contributed by atoms with van der Waals surface area (Å²) >= 11 is 0. The Labute approximate surface area is 150 Å². The lowest BCUT2D eigenvalue weighted by Crippen LogP contribution is -2.14. The highest BCUT2D eigenvalue weighted by atomic mass is 16.5. The number of hydrogen-bond acceptors (Lipinski definition) is 5. The molecule has 1 aliphatic rings. The van der Waals surface area contributed by atoms with Gasteiger partial charge in [0.2, 0.25) is 0 Å². The smallest absolute Gasteiger partial charge is 0.309 e. The number of hydrogen-bond donors (Lipinski definition) is 1. The number of benzene rings is 2. The van der Waals surface area contributed by atoms with E-state index in [1.807, 2.05) is 12.1 Å². The molecule has 1 N–H and O–H groups in total. The lowest BCUT2D eigenvalue weighted by molar-refractivity contribution is -0.139. The van der Waals surface area contributed by atoms with E-state index in [2.05, 4.69) is 10.1 Å². The molecule has 0 saturated heterocycles. The molecule has 6 heteroatoms. The first-order chi connectivity index (χ1) is 12.6. The molecule has 0 radical (unpaired) electrons. The molecule has 0 spiro atoms. The van der Waals surface area contributed by atoms with E-state index >= 15 is 0 Å². The van der Waals surface area contributed by atoms with Gasteiger partial charge < -0.3 is 14.8 Å². The molecular weight excluding hydrogens is 332 g/mol. The van der Waals surface area contributed by atoms with Gasteiger partial charge in [0.05, 0.1) is 25.2 Å². The molecular formula is C20H16N2O4. The summed E-state index contributed by atoms with van der Waals surface area (Å²) in [5, 5.41) is 11.6. The zero-order valence-electron chi connectivity index (χ0n) is 14.1. The van der Waals surface area contributed by atoms with Crippen LogP contribution in [-0.4, -0.2) is 25.6 Å². The Bertz CT molecular complexity index is 924. The third-order valence-corrected chi connectivity index (χ3v) is 3.92. The Balaban J connectivity index is 1.76. The van der Waals surface area contributed by atoms with Crippen LogP contribution in [0.1, 0.15) is 27.9 Å². The SMILES string of the molecule is COC(=O)CC1=Cc2cc(NC(=O)c3ccc(C#N)cc3)ccc2OC1. The van der Waals surface area contributed by atoms with Crippen molar-refractivity contribution in [1.82, 2.24) is 0 Å². The molecule has 26 heavy (non-hydrogen) atoms. The van der Waals surface area contributed by atoms with Gasteiger partial charge in [-0.25, -0.2) is 0 Å². The fourth-order valence-electron chi connectivity index (χ4n) is 2.56. The third kappa shape index (κ3) is 3.90. The number of esters is 1. The van der Waals surface area contributed by atoms with Crippen LogP contribution in [0, 0.1) is 11.3 Å². The summed E-state index contributed by atoms with van der Waals surface area (Å²) in [6, 6.07) is 13.7. The predicted molar refractivity (Wildman–Crippen MR) is 95.7 cm³/mol. The number of amides is 1. The molecule has 0 aliphatic carbocycles. The predicted octanol–water partition coefficient (Wildman–Crippen LogP) is 3.15. The molecule has 1 aliphatic heterocycles. The quantitative estimate of drug-likeness (QED) is 0.858. The van der Waals surface area contributed by atoms with Gasteiger partial charge in [-0.2, -0.15) is 5.26 Å². The summed E-state index contributed by atoms with van der Waals surface area (Å²) in [6.45, 7) is 0.332. The summed E-state index contributed by atoms with van der Waals surface area (Å²) in [7, 11) is 1.34. The summed E-state index contributed by atoms with van der Waals surface area (Å²) in [5.74, 6) is 0.0912. The third-order valence-electron chi connectivity index (χ3n) is 3.92. The molecule has 0 saturated carbocycles. The van der Waals surface area contributed by atoms with Crippen LogP contribution in [0.25, 0.3) is 6.08 Å². The van der Waals surface area contributed by atoms with Crippen LogP contribution in [0.15, 0.2) is 48.0 Å². The van der Waals surface area contributed by atoms with E-state index in [-0.39, 0.29) is 18.3 Å². The first kappa shape index (κ1) is 17.2. The van der Waals surface area contributed by atoms with E-state index in [4.69, 9.17) is 10.00 Å². The molecule has 1 amide bonds. The van der Waals surface area contributed by atoms with E-state index in [0.717, 1.165) is 11.1 Å². The van der Waals surface area contributed by atoms with Crippen molar-refractivity contribution in [3.63, 3.8) is 0 Å². The number of anilines is 1. The summed E-state index contributed by atoms with van der Waals surface area (Å²) in [5.41, 5.74) is 3.15. The number of nitrogens with zero attached hydrogens (tertiary/aromatic N) is 1. The van der Waals surface area contributed by atoms with Crippen molar-refractivity contribution in [1.29, 1.82) is 5.26 Å². The minimum atomic E-state index is -0.325. The Hall–Kier alpha value is -3.59. The number of rotatable bonds is 4. The lowest BCUT2D eigenvalue weighted by atomic mass is 10.0. The molecule has 0 aromatic heterocycles. The maximum atomic E-state index is 12.3. The van der Waals surface area contributed by atoms with Crippen molar-refractivity contribution >= 4 is 23.6 Å². The molecule has 0 bridgehead atoms. The van der Waals surface area contributed by atoms with Gasteiger partial charge in [-0.15, -0.1) is 0 Å². The van der Waals surface area contributed by atoms with Gasteiger partial charge in [-0.1, -0.05) is 0 Å². The zero-order valence-corrected chi connectivity index (χ0v) is 14.1. The average molecular weight is 348 g/mol. The maximum absolute atomic E-state index is 12.3. The number of carbonyl (C=O) groups excluding carboxylic acids is 2. The van der Waals surface area contributed by atoms with Crippen LogP contribution < -0.4 is 10.1 Å². The van der Waals surface area contributed by atoms with Crippen molar-refractivity contribution in [3.05, 3.63) is 64.7 Å². The lowest BCUT2D eigenvalue weighted by Gasteiger charge is -2.18. The number of nitrogens with one attached hydrogen (secondary N) is 1. The number of fused-ring (bicyclic) bond motifs is 1. The second kappa shape index (κ2) is 7.53. The number of ether oxygens (including phenoxy) is 2. The fraction of sp³-hybridized carbons (Fsp3) is 0.150. The highest BCUT2D eigenvalue weighted by molar-refractivity contribution is 6.04. The summed E-state index contributed by atoms with van der Waals surface area (Å²) < 4.78 is 10.3. The van der Waals surface area contributed by atoms with Crippen LogP contribution >= 0.6 is 0 Å². The van der Waals surface area contributed by atoms with Crippen LogP contribution in [-0.2, 0) is 9.53 Å². The largest absolute Gasteiger partial charge is 0.489 e. The van der Waals surface area contributed by atoms with E-state index < -0.39 is 0 Å². The van der Waals surface area contributed by atoms with Crippen molar-refractivity contribution < 1.29 is 19.1 Å². The van der Waals surface area contributed by atoms with E-state index in [1.54, 1.807) is 42.5 Å². The molecule has 1 heterocycles. The van der Waals surface area contributed by atoms with Crippen molar-refractivity contribution in [2.45, 2.75) is 6.42 Å². The fourth-order valence-corrected chi connectivity index (χ4v) is 2.56. The molecule has 2 aromatic carbocycles. The Morgan fingerprint density at radius 3 is 2.69 bits per heavy atom. The molecule has 0 atom stereocenters. The van der Waals surface area contributed by atoms with Gasteiger partial charge in [0.15, 0.2) is 0 Å². The second-order valence-electron chi connectivity index (χ2n) is 5.74. The van der Waals surface area contributed by atoms with Gasteiger partial charge in [0, 0.05) is 16.8 Å². The number of carbonyl (C=O) groups is 2. The van der Waals surface area contributed by atoms with Gasteiger partial charge in [-0.3, -0.25) is 9.59 Å². The molecule has 6 nitrogen and oxygen atoms in total. The second-order valence-corrected chi connectivity index (χ2v) is 5.74. The monoisotopic (exact) mass is 348 g/mol. The van der Waals surface area contributed by atoms with Gasteiger partial charge in [0.1, 0.15) is 12.4 Å². The molecule has 3 rings (SSSR count). The standard InChI is InChI=1S/C20H16N2O4/c1-25-19(23)9-14-8-16-10-17(6-7-18(16)26-12-14)22-20(24)15-4-2-13(11-21)3-5-15/h2-8,10H,9,12H2,1H3,(H,22,24). The molecule has 130 valence electrons. The minimum absolute atomic E-state index is 0.164. The Morgan fingerprint density at radius 1 is 1.23 bits per heavy atom. The first-order valence-corrected chi connectivity index (χ1v) is 7.93. The van der Waals surface area contributed by atoms with Crippen LogP contribution in [0.5, 0.6) is 5.75 Å². The number of nitriles is 1. The maximum Gasteiger partial charge on any atom is 0.309 e. The van der Waals surface area contributed by atoms with Crippen LogP contribution in [0.3, 0.4) is 0 Å². The highest BCUT2D eigenvalue weighted by Crippen LogP contribution is 2.30. The van der Waals surface area contributed by atoms with Crippen molar-refractivity contribution in [2.75, 3.05) is 19.0 Å². The summed E-state index contributed by atoms with van der Waals surface area (Å²) in [6.07, 6.45) is 2.03. The molecule has 2 aromatic rings. The van der Waals surface area contributed by atoms with E-state index in [0.29, 0.717) is 29.2 Å². The van der Waals surface area contributed by atoms with Crippen LogP contribution in [0.4, 0.5) is 5.69 Å². The van der Waals surface area contributed by atoms with E-state index in [9.17, 15) is 9.59 Å². The first-order valence-electron chi connectivity index (χ1n) is 7.93. The average Bonchev–Trinajstić information content (AvgIpc) is 2.67.